The molecule has 3 fully saturated rings. The van der Waals surface area contributed by atoms with Crippen molar-refractivity contribution in [3.63, 3.8) is 0 Å². The molecule has 0 spiro atoms. The molecule has 17 unspecified atom stereocenters. The minimum absolute atomic E-state index is 0.225. The molecule has 0 aromatic heterocycles. The van der Waals surface area contributed by atoms with Crippen LogP contribution in [0.25, 0.3) is 0 Å². The SMILES string of the molecule is CC/C=C\C/C=C\C/C=C\C/C=C\CCCCCCCCCCCCCCC(=O)NC(COC1OC(CO)C(OC2OC(CO)C(OC3OC(CO)C(O)C(O)C3O)C(O)C2O)C(O)C1O)C(O)/C=C/CC/C=C/CC/C=C/CCCCCCCCC. The molecule has 3 heterocycles. The molecule has 3 aliphatic rings. The highest BCUT2D eigenvalue weighted by molar-refractivity contribution is 5.76. The van der Waals surface area contributed by atoms with Gasteiger partial charge in [0.05, 0.1) is 38.6 Å². The van der Waals surface area contributed by atoms with E-state index in [9.17, 15) is 61.0 Å². The Hall–Kier alpha value is -3.03. The van der Waals surface area contributed by atoms with Crippen LogP contribution in [-0.2, 0) is 33.2 Å². The smallest absolute Gasteiger partial charge is 0.220 e. The van der Waals surface area contributed by atoms with Crippen LogP contribution in [0.3, 0.4) is 0 Å². The number of amides is 1. The molecule has 502 valence electrons. The van der Waals surface area contributed by atoms with Crippen LogP contribution < -0.4 is 5.32 Å². The molecular weight excluding hydrogens is 1120 g/mol. The first-order valence-corrected chi connectivity index (χ1v) is 33.3. The third kappa shape index (κ3) is 32.2. The largest absolute Gasteiger partial charge is 0.394 e. The summed E-state index contributed by atoms with van der Waals surface area (Å²) in [6.07, 6.45) is 35.5. The zero-order valence-corrected chi connectivity index (χ0v) is 52.7. The standard InChI is InChI=1S/C68H117NO18/c1-3-5-7-9-11-13-15-17-19-21-22-23-24-25-26-27-28-30-32-34-36-38-40-42-44-46-56(74)69-51(52(73)45-43-41-39-37-35-33-31-29-20-18-16-14-12-10-8-6-4-2)50-82-66-62(80)59(77)64(54(48-71)84-66)87-68-63(81)60(78)65(55(49-72)85-68)86-67-61(79)58(76)57(75)53(47-70)83-67/h5,7,11,13,17,19-20,22-23,29,35,37,43,45,51-55,57-68,70-73,75-81H,3-4,6,8-10,12,14-16,18,21,24-28,30-34,36,38-42,44,46-50H2,1-2H3,(H,69,74)/b7-5-,13-11-,19-17-,23-22-,29-20+,37-35+,45-43+. The summed E-state index contributed by atoms with van der Waals surface area (Å²) in [5, 5.41) is 120. The number of carbonyl (C=O) groups excluding carboxylic acids is 1. The van der Waals surface area contributed by atoms with Crippen molar-refractivity contribution in [3.8, 4) is 0 Å². The molecule has 12 N–H and O–H groups in total. The van der Waals surface area contributed by atoms with E-state index >= 15 is 0 Å². The van der Waals surface area contributed by atoms with Gasteiger partial charge in [0.15, 0.2) is 18.9 Å². The summed E-state index contributed by atoms with van der Waals surface area (Å²) in [6, 6.07) is -1.00. The molecule has 3 rings (SSSR count). The normalized spacial score (nSPS) is 29.1. The Morgan fingerprint density at radius 2 is 0.805 bits per heavy atom. The summed E-state index contributed by atoms with van der Waals surface area (Å²) >= 11 is 0. The van der Waals surface area contributed by atoms with E-state index in [4.69, 9.17) is 28.4 Å². The number of nitrogens with one attached hydrogen (secondary N) is 1. The molecule has 3 aliphatic heterocycles. The Bertz CT molecular complexity index is 1910. The fraction of sp³-hybridized carbons (Fsp3) is 0.779. The predicted molar refractivity (Wildman–Crippen MR) is 337 cm³/mol. The van der Waals surface area contributed by atoms with E-state index in [1.54, 1.807) is 6.08 Å². The van der Waals surface area contributed by atoms with Gasteiger partial charge in [-0.2, -0.15) is 0 Å². The summed E-state index contributed by atoms with van der Waals surface area (Å²) in [5.41, 5.74) is 0. The van der Waals surface area contributed by atoms with Crippen molar-refractivity contribution in [2.75, 3.05) is 26.4 Å². The number of hydrogen-bond acceptors (Lipinski definition) is 18. The molecule has 0 aromatic rings. The van der Waals surface area contributed by atoms with Gasteiger partial charge >= 0.3 is 0 Å². The van der Waals surface area contributed by atoms with Crippen LogP contribution in [0.15, 0.2) is 85.1 Å². The first-order chi connectivity index (χ1) is 42.3. The number of hydrogen-bond donors (Lipinski definition) is 12. The van der Waals surface area contributed by atoms with Gasteiger partial charge in [0.2, 0.25) is 5.91 Å². The summed E-state index contributed by atoms with van der Waals surface area (Å²) in [4.78, 5) is 13.4. The average molecular weight is 1240 g/mol. The third-order valence-electron chi connectivity index (χ3n) is 16.2. The number of aliphatic hydroxyl groups is 11. The molecule has 17 atom stereocenters. The van der Waals surface area contributed by atoms with Crippen LogP contribution in [0, 0.1) is 0 Å². The lowest BCUT2D eigenvalue weighted by molar-refractivity contribution is -0.379. The fourth-order valence-electron chi connectivity index (χ4n) is 10.7. The van der Waals surface area contributed by atoms with Crippen molar-refractivity contribution >= 4 is 5.91 Å². The first kappa shape index (κ1) is 78.2. The van der Waals surface area contributed by atoms with Crippen LogP contribution in [-0.4, -0.2) is 193 Å². The predicted octanol–water partition coefficient (Wildman–Crippen LogP) is 7.93. The second-order valence-corrected chi connectivity index (χ2v) is 23.5. The highest BCUT2D eigenvalue weighted by Gasteiger charge is 2.53. The lowest BCUT2D eigenvalue weighted by Gasteiger charge is -2.48. The van der Waals surface area contributed by atoms with E-state index < -0.39 is 124 Å². The summed E-state index contributed by atoms with van der Waals surface area (Å²) in [6.45, 7) is 1.57. The zero-order chi connectivity index (χ0) is 63.3. The lowest BCUT2D eigenvalue weighted by atomic mass is 9.96. The Labute approximate surface area is 520 Å². The first-order valence-electron chi connectivity index (χ1n) is 33.3. The molecule has 19 heteroatoms. The van der Waals surface area contributed by atoms with Gasteiger partial charge in [-0.15, -0.1) is 0 Å². The maximum absolute atomic E-state index is 13.4. The second-order valence-electron chi connectivity index (χ2n) is 23.5. The van der Waals surface area contributed by atoms with E-state index in [0.29, 0.717) is 12.8 Å². The monoisotopic (exact) mass is 1240 g/mol. The zero-order valence-electron chi connectivity index (χ0n) is 52.7. The van der Waals surface area contributed by atoms with Crippen LogP contribution in [0.2, 0.25) is 0 Å². The number of carbonyl (C=O) groups is 1. The average Bonchev–Trinajstić information content (AvgIpc) is 1.15. The van der Waals surface area contributed by atoms with Crippen LogP contribution in [0.1, 0.15) is 206 Å². The minimum Gasteiger partial charge on any atom is -0.394 e. The number of aliphatic hydroxyl groups excluding tert-OH is 11. The highest BCUT2D eigenvalue weighted by atomic mass is 16.8. The minimum atomic E-state index is -1.99. The van der Waals surface area contributed by atoms with Gasteiger partial charge in [-0.05, 0) is 83.5 Å². The van der Waals surface area contributed by atoms with Gasteiger partial charge in [0, 0.05) is 6.42 Å². The van der Waals surface area contributed by atoms with Crippen molar-refractivity contribution in [2.24, 2.45) is 0 Å². The van der Waals surface area contributed by atoms with Crippen LogP contribution in [0.5, 0.6) is 0 Å². The molecular formula is C68H117NO18. The van der Waals surface area contributed by atoms with Crippen molar-refractivity contribution in [3.05, 3.63) is 85.1 Å². The lowest BCUT2D eigenvalue weighted by Crippen LogP contribution is -2.66. The molecule has 87 heavy (non-hydrogen) atoms. The quantitative estimate of drug-likeness (QED) is 0.0203. The van der Waals surface area contributed by atoms with E-state index in [1.807, 2.05) is 6.08 Å². The van der Waals surface area contributed by atoms with Crippen LogP contribution in [0.4, 0.5) is 0 Å². The third-order valence-corrected chi connectivity index (χ3v) is 16.2. The second kappa shape index (κ2) is 49.6. The molecule has 0 aliphatic carbocycles. The van der Waals surface area contributed by atoms with Gasteiger partial charge in [0.1, 0.15) is 73.2 Å². The van der Waals surface area contributed by atoms with E-state index in [2.05, 4.69) is 92.1 Å². The molecule has 0 aromatic carbocycles. The molecule has 3 saturated heterocycles. The molecule has 1 amide bonds. The highest BCUT2D eigenvalue weighted by Crippen LogP contribution is 2.33. The summed E-state index contributed by atoms with van der Waals surface area (Å²) in [7, 11) is 0. The fourth-order valence-corrected chi connectivity index (χ4v) is 10.7. The van der Waals surface area contributed by atoms with Gasteiger partial charge in [-0.1, -0.05) is 202 Å². The molecule has 0 radical (unpaired) electrons. The summed E-state index contributed by atoms with van der Waals surface area (Å²) < 4.78 is 34.3. The molecule has 0 saturated carbocycles. The number of unbranched alkanes of at least 4 members (excludes halogenated alkanes) is 21. The Morgan fingerprint density at radius 3 is 1.29 bits per heavy atom. The van der Waals surface area contributed by atoms with Crippen LogP contribution >= 0.6 is 0 Å². The number of rotatable bonds is 49. The van der Waals surface area contributed by atoms with E-state index in [-0.39, 0.29) is 18.9 Å². The van der Waals surface area contributed by atoms with E-state index in [0.717, 1.165) is 83.5 Å². The molecule has 19 nitrogen and oxygen atoms in total. The van der Waals surface area contributed by atoms with E-state index in [1.165, 1.54) is 89.9 Å². The summed E-state index contributed by atoms with van der Waals surface area (Å²) in [5.74, 6) is -0.295. The van der Waals surface area contributed by atoms with Crippen molar-refractivity contribution in [1.29, 1.82) is 0 Å². The Balaban J connectivity index is 1.46. The Kier molecular flexibility index (Phi) is 44.6. The van der Waals surface area contributed by atoms with Crippen molar-refractivity contribution in [1.82, 2.24) is 5.32 Å². The topological polar surface area (TPSA) is 307 Å². The van der Waals surface area contributed by atoms with Gasteiger partial charge in [0.25, 0.3) is 0 Å². The maximum Gasteiger partial charge on any atom is 0.220 e. The number of ether oxygens (including phenoxy) is 6. The Morgan fingerprint density at radius 1 is 0.425 bits per heavy atom. The number of allylic oxidation sites excluding steroid dienone is 13. The molecule has 0 bridgehead atoms. The van der Waals surface area contributed by atoms with Crippen molar-refractivity contribution in [2.45, 2.75) is 311 Å². The van der Waals surface area contributed by atoms with Gasteiger partial charge in [-0.3, -0.25) is 4.79 Å². The van der Waals surface area contributed by atoms with Gasteiger partial charge in [-0.25, -0.2) is 0 Å². The van der Waals surface area contributed by atoms with Crippen molar-refractivity contribution < 1.29 is 89.4 Å². The van der Waals surface area contributed by atoms with Gasteiger partial charge < -0.3 is 89.9 Å². The maximum atomic E-state index is 13.4.